The monoisotopic (exact) mass is 383 g/mol. The third-order valence-electron chi connectivity index (χ3n) is 4.64. The summed E-state index contributed by atoms with van der Waals surface area (Å²) in [5.41, 5.74) is 0.641. The number of aliphatic hydroxyl groups is 1. The molecule has 0 spiro atoms. The van der Waals surface area contributed by atoms with Gasteiger partial charge in [-0.15, -0.1) is 0 Å². The molecule has 26 heavy (non-hydrogen) atoms. The van der Waals surface area contributed by atoms with Gasteiger partial charge in [-0.3, -0.25) is 9.20 Å². The molecule has 0 amide bonds. The molecule has 1 fully saturated rings. The molecule has 1 aromatic carbocycles. The van der Waals surface area contributed by atoms with E-state index in [4.69, 9.17) is 0 Å². The van der Waals surface area contributed by atoms with Gasteiger partial charge in [0.05, 0.1) is 12.6 Å². The van der Waals surface area contributed by atoms with Crippen LogP contribution in [0.25, 0.3) is 0 Å². The first-order valence-electron chi connectivity index (χ1n) is 9.39. The Kier molecular flexibility index (Phi) is 8.51. The number of guanidine groups is 1. The van der Waals surface area contributed by atoms with Crippen LogP contribution in [-0.4, -0.2) is 45.4 Å². The maximum absolute atomic E-state index is 13.0. The molecule has 0 radical (unpaired) electrons. The lowest BCUT2D eigenvalue weighted by Gasteiger charge is -2.30. The molecular formula is C19H30FN3O2S. The van der Waals surface area contributed by atoms with E-state index in [1.165, 1.54) is 12.1 Å². The molecule has 1 aromatic rings. The van der Waals surface area contributed by atoms with Crippen LogP contribution in [-0.2, 0) is 10.8 Å². The largest absolute Gasteiger partial charge is 0.386 e. The van der Waals surface area contributed by atoms with Gasteiger partial charge < -0.3 is 15.7 Å². The molecule has 1 aliphatic rings. The van der Waals surface area contributed by atoms with Crippen LogP contribution < -0.4 is 10.6 Å². The van der Waals surface area contributed by atoms with Crippen molar-refractivity contribution in [1.29, 1.82) is 0 Å². The molecule has 0 aromatic heterocycles. The molecule has 3 N–H and O–H groups in total. The number of halogens is 1. The first-order chi connectivity index (χ1) is 12.5. The van der Waals surface area contributed by atoms with Gasteiger partial charge in [-0.1, -0.05) is 25.5 Å². The normalized spacial score (nSPS) is 23.3. The van der Waals surface area contributed by atoms with Crippen LogP contribution in [0.15, 0.2) is 29.3 Å². The minimum atomic E-state index is -0.780. The number of aliphatic hydroxyl groups excluding tert-OH is 1. The Morgan fingerprint density at radius 3 is 2.73 bits per heavy atom. The van der Waals surface area contributed by atoms with E-state index >= 15 is 0 Å². The van der Waals surface area contributed by atoms with E-state index in [2.05, 4.69) is 15.6 Å². The summed E-state index contributed by atoms with van der Waals surface area (Å²) in [7, 11) is -0.762. The molecule has 0 aliphatic heterocycles. The summed E-state index contributed by atoms with van der Waals surface area (Å²) >= 11 is 0. The Morgan fingerprint density at radius 2 is 2.08 bits per heavy atom. The van der Waals surface area contributed by atoms with Crippen molar-refractivity contribution in [3.63, 3.8) is 0 Å². The molecule has 4 unspecified atom stereocenters. The summed E-state index contributed by atoms with van der Waals surface area (Å²) in [6.07, 6.45) is 3.22. The van der Waals surface area contributed by atoms with E-state index in [0.717, 1.165) is 32.2 Å². The van der Waals surface area contributed by atoms with E-state index in [1.807, 2.05) is 13.8 Å². The highest BCUT2D eigenvalue weighted by atomic mass is 32.2. The van der Waals surface area contributed by atoms with E-state index in [0.29, 0.717) is 17.3 Å². The summed E-state index contributed by atoms with van der Waals surface area (Å²) in [6.45, 7) is 4.87. The Bertz CT molecular complexity index is 609. The van der Waals surface area contributed by atoms with E-state index in [1.54, 1.807) is 12.1 Å². The zero-order chi connectivity index (χ0) is 18.9. The van der Waals surface area contributed by atoms with Gasteiger partial charge in [0, 0.05) is 34.4 Å². The van der Waals surface area contributed by atoms with Crippen molar-refractivity contribution in [2.24, 2.45) is 4.99 Å². The van der Waals surface area contributed by atoms with Crippen molar-refractivity contribution >= 4 is 16.8 Å². The van der Waals surface area contributed by atoms with E-state index < -0.39 is 16.9 Å². The highest BCUT2D eigenvalue weighted by Gasteiger charge is 2.26. The predicted molar refractivity (Wildman–Crippen MR) is 105 cm³/mol. The maximum Gasteiger partial charge on any atom is 0.191 e. The highest BCUT2D eigenvalue weighted by Crippen LogP contribution is 2.23. The van der Waals surface area contributed by atoms with Crippen LogP contribution in [0.4, 0.5) is 4.39 Å². The molecule has 0 bridgehead atoms. The molecule has 2 rings (SSSR count). The lowest BCUT2D eigenvalue weighted by molar-refractivity contribution is 0.187. The van der Waals surface area contributed by atoms with Gasteiger partial charge in [-0.05, 0) is 43.9 Å². The summed E-state index contributed by atoms with van der Waals surface area (Å²) < 4.78 is 25.1. The zero-order valence-corrected chi connectivity index (χ0v) is 16.4. The van der Waals surface area contributed by atoms with Crippen LogP contribution in [0.1, 0.15) is 51.2 Å². The van der Waals surface area contributed by atoms with Crippen LogP contribution in [0.3, 0.4) is 0 Å². The number of hydrogen-bond acceptors (Lipinski definition) is 3. The molecule has 1 saturated carbocycles. The van der Waals surface area contributed by atoms with Gasteiger partial charge in [0.25, 0.3) is 0 Å². The SMILES string of the molecule is CCNC(=NCC(O)c1ccc(F)cc1)NC1CCCC(S(=O)CC)C1. The molecule has 1 aliphatic carbocycles. The van der Waals surface area contributed by atoms with Crippen LogP contribution >= 0.6 is 0 Å². The average molecular weight is 384 g/mol. The fourth-order valence-electron chi connectivity index (χ4n) is 3.23. The van der Waals surface area contributed by atoms with Crippen molar-refractivity contribution in [2.75, 3.05) is 18.8 Å². The summed E-state index contributed by atoms with van der Waals surface area (Å²) in [4.78, 5) is 4.47. The second-order valence-corrected chi connectivity index (χ2v) is 8.59. The number of hydrogen-bond donors (Lipinski definition) is 3. The topological polar surface area (TPSA) is 73.7 Å². The first kappa shape index (κ1) is 20.8. The zero-order valence-electron chi connectivity index (χ0n) is 15.6. The first-order valence-corrected chi connectivity index (χ1v) is 10.8. The standard InChI is InChI=1S/C19H30FN3O2S/c1-3-21-19(22-13-18(24)14-8-10-15(20)11-9-14)23-16-6-5-7-17(12-16)26(25)4-2/h8-11,16-18,24H,3-7,12-13H2,1-2H3,(H2,21,22,23). The van der Waals surface area contributed by atoms with Crippen molar-refractivity contribution < 1.29 is 13.7 Å². The van der Waals surface area contributed by atoms with Gasteiger partial charge in [0.1, 0.15) is 5.82 Å². The Balaban J connectivity index is 1.95. The minimum absolute atomic E-state index is 0.192. The number of aliphatic imine (C=N–C) groups is 1. The molecule has 0 heterocycles. The number of nitrogens with zero attached hydrogens (tertiary/aromatic N) is 1. The van der Waals surface area contributed by atoms with Crippen molar-refractivity contribution in [1.82, 2.24) is 10.6 Å². The third-order valence-corrected chi connectivity index (χ3v) is 6.39. The van der Waals surface area contributed by atoms with E-state index in [9.17, 15) is 13.7 Å². The second kappa shape index (κ2) is 10.6. The maximum atomic E-state index is 13.0. The lowest BCUT2D eigenvalue weighted by atomic mass is 9.95. The molecule has 5 nitrogen and oxygen atoms in total. The van der Waals surface area contributed by atoms with Crippen LogP contribution in [0.5, 0.6) is 0 Å². The quantitative estimate of drug-likeness (QED) is 0.500. The van der Waals surface area contributed by atoms with Gasteiger partial charge in [0.15, 0.2) is 5.96 Å². The summed E-state index contributed by atoms with van der Waals surface area (Å²) in [6, 6.07) is 6.05. The third kappa shape index (κ3) is 6.36. The van der Waals surface area contributed by atoms with Crippen molar-refractivity contribution in [3.05, 3.63) is 35.6 Å². The fraction of sp³-hybridized carbons (Fsp3) is 0.632. The van der Waals surface area contributed by atoms with Gasteiger partial charge in [-0.25, -0.2) is 4.39 Å². The average Bonchev–Trinajstić information content (AvgIpc) is 2.66. The van der Waals surface area contributed by atoms with Crippen molar-refractivity contribution in [2.45, 2.75) is 56.9 Å². The van der Waals surface area contributed by atoms with Crippen LogP contribution in [0.2, 0.25) is 0 Å². The summed E-state index contributed by atoms with van der Waals surface area (Å²) in [5, 5.41) is 17.1. The predicted octanol–water partition coefficient (Wildman–Crippen LogP) is 2.49. The lowest BCUT2D eigenvalue weighted by Crippen LogP contribution is -2.46. The smallest absolute Gasteiger partial charge is 0.191 e. The number of rotatable bonds is 7. The molecule has 7 heteroatoms. The Morgan fingerprint density at radius 1 is 1.35 bits per heavy atom. The molecule has 4 atom stereocenters. The second-order valence-electron chi connectivity index (χ2n) is 6.59. The van der Waals surface area contributed by atoms with Crippen molar-refractivity contribution in [3.8, 4) is 0 Å². The number of benzene rings is 1. The van der Waals surface area contributed by atoms with Crippen LogP contribution in [0, 0.1) is 5.82 Å². The number of nitrogens with one attached hydrogen (secondary N) is 2. The molecule has 0 saturated heterocycles. The Labute approximate surface area is 157 Å². The molecule has 146 valence electrons. The molecular weight excluding hydrogens is 353 g/mol. The van der Waals surface area contributed by atoms with Gasteiger partial charge >= 0.3 is 0 Å². The highest BCUT2D eigenvalue weighted by molar-refractivity contribution is 7.85. The summed E-state index contributed by atoms with van der Waals surface area (Å²) in [5.74, 6) is 1.03. The fourth-order valence-corrected chi connectivity index (χ4v) is 4.58. The minimum Gasteiger partial charge on any atom is -0.386 e. The van der Waals surface area contributed by atoms with E-state index in [-0.39, 0.29) is 23.7 Å². The van der Waals surface area contributed by atoms with Gasteiger partial charge in [0.2, 0.25) is 0 Å². The van der Waals surface area contributed by atoms with Gasteiger partial charge in [-0.2, -0.15) is 0 Å². The Hall–Kier alpha value is -1.47.